The highest BCUT2D eigenvalue weighted by Crippen LogP contribution is 2.36. The van der Waals surface area contributed by atoms with Crippen LogP contribution in [-0.4, -0.2) is 14.9 Å². The van der Waals surface area contributed by atoms with Gasteiger partial charge in [-0.1, -0.05) is 38.4 Å². The molecule has 0 unspecified atom stereocenters. The fraction of sp³-hybridized carbons (Fsp3) is 0.833. The second-order valence-corrected chi connectivity index (χ2v) is 10.5. The Morgan fingerprint density at radius 1 is 1.20 bits per heavy atom. The third kappa shape index (κ3) is 6.39. The molecule has 0 aromatic carbocycles. The lowest BCUT2D eigenvalue weighted by Gasteiger charge is -2.36. The van der Waals surface area contributed by atoms with Crippen molar-refractivity contribution in [3.8, 4) is 0 Å². The van der Waals surface area contributed by atoms with E-state index in [2.05, 4.69) is 33.9 Å². The summed E-state index contributed by atoms with van der Waals surface area (Å²) in [6.07, 6.45) is 5.35. The molecule has 0 amide bonds. The number of unbranched alkanes of at least 4 members (excludes halogenated alkanes) is 2. The highest BCUT2D eigenvalue weighted by atomic mass is 35.5. The van der Waals surface area contributed by atoms with E-state index in [0.717, 1.165) is 25.9 Å². The average Bonchev–Trinajstić information content (AvgIpc) is 2.09. The van der Waals surface area contributed by atoms with Crippen molar-refractivity contribution in [2.75, 3.05) is 6.61 Å². The smallest absolute Gasteiger partial charge is 0.191 e. The Hall–Kier alpha value is 0.207. The maximum atomic E-state index is 6.06. The molecule has 0 atom stereocenters. The van der Waals surface area contributed by atoms with Crippen molar-refractivity contribution in [3.05, 3.63) is 11.6 Å². The van der Waals surface area contributed by atoms with Gasteiger partial charge in [0.1, 0.15) is 0 Å². The predicted octanol–water partition coefficient (Wildman–Crippen LogP) is 4.93. The molecule has 0 rings (SSSR count). The van der Waals surface area contributed by atoms with Crippen molar-refractivity contribution in [2.24, 2.45) is 0 Å². The van der Waals surface area contributed by atoms with Gasteiger partial charge in [0.2, 0.25) is 0 Å². The Bertz CT molecular complexity index is 194. The van der Waals surface area contributed by atoms with Crippen LogP contribution in [0.1, 0.15) is 40.0 Å². The van der Waals surface area contributed by atoms with Crippen LogP contribution in [0.25, 0.3) is 0 Å². The second kappa shape index (κ2) is 6.72. The van der Waals surface area contributed by atoms with Crippen LogP contribution in [-0.2, 0) is 4.43 Å². The molecule has 0 aliphatic carbocycles. The summed E-state index contributed by atoms with van der Waals surface area (Å²) in [5.74, 6) is 0. The lowest BCUT2D eigenvalue weighted by atomic mass is 10.2. The predicted molar refractivity (Wildman–Crippen MR) is 72.0 cm³/mol. The van der Waals surface area contributed by atoms with E-state index in [0.29, 0.717) is 5.04 Å². The normalized spacial score (nSPS) is 13.7. The SMILES string of the molecule is CC(C)(C)[Si](C)(C)OCCCCC=CCl. The van der Waals surface area contributed by atoms with E-state index >= 15 is 0 Å². The third-order valence-corrected chi connectivity index (χ3v) is 7.84. The fourth-order valence-electron chi connectivity index (χ4n) is 0.971. The molecule has 3 heteroatoms. The van der Waals surface area contributed by atoms with Crippen LogP contribution >= 0.6 is 11.6 Å². The van der Waals surface area contributed by atoms with Gasteiger partial charge in [-0.3, -0.25) is 0 Å². The highest BCUT2D eigenvalue weighted by Gasteiger charge is 2.36. The molecule has 0 bridgehead atoms. The summed E-state index contributed by atoms with van der Waals surface area (Å²) in [5.41, 5.74) is 1.59. The van der Waals surface area contributed by atoms with Gasteiger partial charge in [0.15, 0.2) is 8.32 Å². The van der Waals surface area contributed by atoms with Gasteiger partial charge < -0.3 is 4.43 Å². The lowest BCUT2D eigenvalue weighted by Crippen LogP contribution is -2.40. The van der Waals surface area contributed by atoms with E-state index in [1.165, 1.54) is 0 Å². The minimum atomic E-state index is -1.52. The maximum Gasteiger partial charge on any atom is 0.191 e. The van der Waals surface area contributed by atoms with E-state index in [1.807, 2.05) is 6.08 Å². The third-order valence-electron chi connectivity index (χ3n) is 3.12. The van der Waals surface area contributed by atoms with Crippen molar-refractivity contribution in [1.29, 1.82) is 0 Å². The Morgan fingerprint density at radius 3 is 2.27 bits per heavy atom. The number of halogens is 1. The second-order valence-electron chi connectivity index (χ2n) is 5.47. The molecular weight excluding hydrogens is 224 g/mol. The van der Waals surface area contributed by atoms with E-state index < -0.39 is 8.32 Å². The van der Waals surface area contributed by atoms with Crippen LogP contribution in [0.4, 0.5) is 0 Å². The molecule has 0 aromatic heterocycles. The van der Waals surface area contributed by atoms with Gasteiger partial charge in [-0.25, -0.2) is 0 Å². The van der Waals surface area contributed by atoms with E-state index in [1.54, 1.807) is 5.54 Å². The van der Waals surface area contributed by atoms with E-state index in [9.17, 15) is 0 Å². The molecule has 0 heterocycles. The quantitative estimate of drug-likeness (QED) is 0.478. The van der Waals surface area contributed by atoms with Gasteiger partial charge in [-0.15, -0.1) is 0 Å². The molecule has 0 spiro atoms. The van der Waals surface area contributed by atoms with Gasteiger partial charge >= 0.3 is 0 Å². The topological polar surface area (TPSA) is 9.23 Å². The van der Waals surface area contributed by atoms with Gasteiger partial charge in [0.25, 0.3) is 0 Å². The summed E-state index contributed by atoms with van der Waals surface area (Å²) >= 11 is 5.44. The molecule has 15 heavy (non-hydrogen) atoms. The standard InChI is InChI=1S/C12H25ClOSi/c1-12(2,3)15(4,5)14-11-9-7-6-8-10-13/h8,10H,6-7,9,11H2,1-5H3. The first-order valence-electron chi connectivity index (χ1n) is 5.70. The number of allylic oxidation sites excluding steroid dienone is 1. The summed E-state index contributed by atoms with van der Waals surface area (Å²) in [6.45, 7) is 12.3. The summed E-state index contributed by atoms with van der Waals surface area (Å²) in [5, 5.41) is 0.322. The Morgan fingerprint density at radius 2 is 1.80 bits per heavy atom. The minimum Gasteiger partial charge on any atom is -0.417 e. The molecule has 0 aliphatic rings. The van der Waals surface area contributed by atoms with Crippen LogP contribution in [0, 0.1) is 0 Å². The zero-order valence-corrected chi connectivity index (χ0v) is 12.5. The Kier molecular flexibility index (Phi) is 6.81. The summed E-state index contributed by atoms with van der Waals surface area (Å²) in [4.78, 5) is 0. The average molecular weight is 249 g/mol. The zero-order chi connectivity index (χ0) is 11.9. The largest absolute Gasteiger partial charge is 0.417 e. The van der Waals surface area contributed by atoms with Crippen molar-refractivity contribution >= 4 is 19.9 Å². The molecule has 0 saturated carbocycles. The highest BCUT2D eigenvalue weighted by molar-refractivity contribution is 6.74. The van der Waals surface area contributed by atoms with Crippen LogP contribution in [0.5, 0.6) is 0 Å². The van der Waals surface area contributed by atoms with Crippen molar-refractivity contribution in [2.45, 2.75) is 58.2 Å². The number of hydrogen-bond donors (Lipinski definition) is 0. The molecule has 0 radical (unpaired) electrons. The van der Waals surface area contributed by atoms with Crippen LogP contribution in [0.2, 0.25) is 18.1 Å². The molecular formula is C12H25ClOSi. The van der Waals surface area contributed by atoms with Gasteiger partial charge in [-0.05, 0) is 37.4 Å². The van der Waals surface area contributed by atoms with E-state index in [-0.39, 0.29) is 0 Å². The number of hydrogen-bond acceptors (Lipinski definition) is 1. The molecule has 0 aliphatic heterocycles. The summed E-state index contributed by atoms with van der Waals surface area (Å²) in [7, 11) is -1.52. The van der Waals surface area contributed by atoms with Crippen molar-refractivity contribution < 1.29 is 4.43 Å². The van der Waals surface area contributed by atoms with E-state index in [4.69, 9.17) is 16.0 Å². The van der Waals surface area contributed by atoms with Crippen molar-refractivity contribution in [3.63, 3.8) is 0 Å². The molecule has 0 N–H and O–H groups in total. The first-order chi connectivity index (χ1) is 6.81. The molecule has 0 aromatic rings. The molecule has 1 nitrogen and oxygen atoms in total. The van der Waals surface area contributed by atoms with Gasteiger partial charge in [0.05, 0.1) is 0 Å². The fourth-order valence-corrected chi connectivity index (χ4v) is 2.18. The van der Waals surface area contributed by atoms with Gasteiger partial charge in [0, 0.05) is 12.1 Å². The zero-order valence-electron chi connectivity index (χ0n) is 10.8. The lowest BCUT2D eigenvalue weighted by molar-refractivity contribution is 0.279. The minimum absolute atomic E-state index is 0.322. The Labute approximate surface area is 101 Å². The molecule has 90 valence electrons. The maximum absolute atomic E-state index is 6.06. The van der Waals surface area contributed by atoms with Crippen LogP contribution in [0.15, 0.2) is 11.6 Å². The summed E-state index contributed by atoms with van der Waals surface area (Å²) in [6, 6.07) is 0. The van der Waals surface area contributed by atoms with Crippen LogP contribution < -0.4 is 0 Å². The Balaban J connectivity index is 3.67. The van der Waals surface area contributed by atoms with Crippen LogP contribution in [0.3, 0.4) is 0 Å². The van der Waals surface area contributed by atoms with Gasteiger partial charge in [-0.2, -0.15) is 0 Å². The number of rotatable bonds is 6. The molecule has 0 fully saturated rings. The monoisotopic (exact) mass is 248 g/mol. The first kappa shape index (κ1) is 15.2. The van der Waals surface area contributed by atoms with Crippen molar-refractivity contribution in [1.82, 2.24) is 0 Å². The molecule has 0 saturated heterocycles. The first-order valence-corrected chi connectivity index (χ1v) is 9.05. The summed E-state index contributed by atoms with van der Waals surface area (Å²) < 4.78 is 6.06.